The summed E-state index contributed by atoms with van der Waals surface area (Å²) in [5.41, 5.74) is 1.02. The molecule has 1 amide bonds. The van der Waals surface area contributed by atoms with Gasteiger partial charge < -0.3 is 5.32 Å². The number of carbonyl (C=O) groups excluding carboxylic acids is 1. The Morgan fingerprint density at radius 2 is 1.59 bits per heavy atom. The summed E-state index contributed by atoms with van der Waals surface area (Å²) in [6, 6.07) is 17.9. The van der Waals surface area contributed by atoms with Gasteiger partial charge in [0, 0.05) is 11.6 Å². The van der Waals surface area contributed by atoms with Gasteiger partial charge in [0.1, 0.15) is 0 Å². The van der Waals surface area contributed by atoms with Crippen LogP contribution in [0.1, 0.15) is 5.56 Å². The molecule has 0 atom stereocenters. The normalized spacial score (nSPS) is 14.7. The minimum atomic E-state index is -3.36. The van der Waals surface area contributed by atoms with Crippen LogP contribution in [0, 0.1) is 0 Å². The number of alkyl halides is 2. The Morgan fingerprint density at radius 1 is 0.909 bits per heavy atom. The molecule has 0 saturated heterocycles. The van der Waals surface area contributed by atoms with Crippen LogP contribution in [0.4, 0.5) is 14.5 Å². The van der Waals surface area contributed by atoms with Crippen molar-refractivity contribution in [3.8, 4) is 0 Å². The summed E-state index contributed by atoms with van der Waals surface area (Å²) in [5.74, 6) is -4.61. The second-order valence-corrected chi connectivity index (χ2v) is 4.77. The Hall–Kier alpha value is -2.82. The minimum absolute atomic E-state index is 0.201. The van der Waals surface area contributed by atoms with Crippen LogP contribution >= 0.6 is 0 Å². The van der Waals surface area contributed by atoms with Crippen molar-refractivity contribution in [1.82, 2.24) is 4.98 Å². The number of para-hydroxylation sites is 2. The minimum Gasteiger partial charge on any atom is -0.320 e. The fourth-order valence-electron chi connectivity index (χ4n) is 2.21. The second-order valence-electron chi connectivity index (χ2n) is 4.77. The number of fused-ring (bicyclic) bond motifs is 2. The number of benzene rings is 2. The maximum absolute atomic E-state index is 12.9. The fourth-order valence-corrected chi connectivity index (χ4v) is 2.21. The van der Waals surface area contributed by atoms with Gasteiger partial charge in [0.25, 0.3) is 5.91 Å². The number of anilines is 1. The quantitative estimate of drug-likeness (QED) is 0.682. The number of rotatable bonds is 0. The Balaban J connectivity index is 0.000000133. The summed E-state index contributed by atoms with van der Waals surface area (Å²) in [6.45, 7) is 0. The molecule has 4 rings (SSSR count). The molecular weight excluding hydrogens is 286 g/mol. The molecule has 110 valence electrons. The molecule has 0 unspecified atom stereocenters. The van der Waals surface area contributed by atoms with Gasteiger partial charge in [-0.05, 0) is 18.2 Å². The van der Waals surface area contributed by atoms with Crippen molar-refractivity contribution in [3.63, 3.8) is 0 Å². The zero-order valence-electron chi connectivity index (χ0n) is 11.5. The molecule has 1 N–H and O–H groups in total. The second kappa shape index (κ2) is 5.52. The van der Waals surface area contributed by atoms with Gasteiger partial charge in [0.15, 0.2) is 0 Å². The third kappa shape index (κ3) is 2.53. The maximum atomic E-state index is 12.9. The SMILES string of the molecule is O=C1Nc2ccccc2C1(F)F.c1ccc2ncccc2c1. The lowest BCUT2D eigenvalue weighted by Gasteiger charge is -2.04. The number of hydrogen-bond acceptors (Lipinski definition) is 2. The van der Waals surface area contributed by atoms with Crippen molar-refractivity contribution < 1.29 is 13.6 Å². The van der Waals surface area contributed by atoms with E-state index < -0.39 is 11.8 Å². The van der Waals surface area contributed by atoms with Crippen LogP contribution in [-0.4, -0.2) is 10.9 Å². The van der Waals surface area contributed by atoms with E-state index in [1.165, 1.54) is 23.6 Å². The molecule has 0 saturated carbocycles. The van der Waals surface area contributed by atoms with Gasteiger partial charge in [0.2, 0.25) is 0 Å². The molecule has 3 nitrogen and oxygen atoms in total. The summed E-state index contributed by atoms with van der Waals surface area (Å²) < 4.78 is 25.8. The van der Waals surface area contributed by atoms with E-state index in [1.807, 2.05) is 30.5 Å². The summed E-state index contributed by atoms with van der Waals surface area (Å²) in [7, 11) is 0. The molecule has 5 heteroatoms. The highest BCUT2D eigenvalue weighted by atomic mass is 19.3. The Morgan fingerprint density at radius 3 is 2.36 bits per heavy atom. The molecule has 0 bridgehead atoms. The van der Waals surface area contributed by atoms with Crippen LogP contribution in [-0.2, 0) is 10.7 Å². The molecule has 0 spiro atoms. The van der Waals surface area contributed by atoms with Crippen LogP contribution in [0.5, 0.6) is 0 Å². The van der Waals surface area contributed by atoms with Gasteiger partial charge >= 0.3 is 5.92 Å². The van der Waals surface area contributed by atoms with Crippen molar-refractivity contribution in [2.75, 3.05) is 5.32 Å². The summed E-state index contributed by atoms with van der Waals surface area (Å²) >= 11 is 0. The fraction of sp³-hybridized carbons (Fsp3) is 0.0588. The highest BCUT2D eigenvalue weighted by Gasteiger charge is 2.47. The molecule has 0 radical (unpaired) electrons. The largest absolute Gasteiger partial charge is 0.352 e. The molecular formula is C17H12F2N2O. The Labute approximate surface area is 125 Å². The van der Waals surface area contributed by atoms with Crippen molar-refractivity contribution in [2.45, 2.75) is 5.92 Å². The highest BCUT2D eigenvalue weighted by molar-refractivity contribution is 6.03. The predicted molar refractivity (Wildman–Crippen MR) is 80.7 cm³/mol. The van der Waals surface area contributed by atoms with E-state index in [0.29, 0.717) is 0 Å². The van der Waals surface area contributed by atoms with Gasteiger partial charge in [-0.3, -0.25) is 9.78 Å². The first-order chi connectivity index (χ1) is 10.6. The highest BCUT2D eigenvalue weighted by Crippen LogP contribution is 2.39. The van der Waals surface area contributed by atoms with E-state index in [2.05, 4.69) is 22.4 Å². The van der Waals surface area contributed by atoms with Crippen molar-refractivity contribution >= 4 is 22.5 Å². The molecule has 1 aliphatic heterocycles. The molecule has 0 aliphatic carbocycles. The number of hydrogen-bond donors (Lipinski definition) is 1. The Kier molecular flexibility index (Phi) is 3.55. The molecule has 1 aromatic heterocycles. The van der Waals surface area contributed by atoms with Gasteiger partial charge in [-0.25, -0.2) is 0 Å². The topological polar surface area (TPSA) is 42.0 Å². The lowest BCUT2D eigenvalue weighted by Crippen LogP contribution is -2.23. The van der Waals surface area contributed by atoms with Crippen LogP contribution in [0.3, 0.4) is 0 Å². The van der Waals surface area contributed by atoms with Gasteiger partial charge in [-0.1, -0.05) is 42.5 Å². The van der Waals surface area contributed by atoms with Crippen LogP contribution in [0.15, 0.2) is 66.9 Å². The molecule has 1 aliphatic rings. The molecule has 22 heavy (non-hydrogen) atoms. The lowest BCUT2D eigenvalue weighted by molar-refractivity contribution is -0.139. The van der Waals surface area contributed by atoms with Crippen molar-refractivity contribution in [2.24, 2.45) is 0 Å². The zero-order valence-corrected chi connectivity index (χ0v) is 11.5. The molecule has 0 fully saturated rings. The molecule has 2 aromatic carbocycles. The first-order valence-electron chi connectivity index (χ1n) is 6.67. The first kappa shape index (κ1) is 14.1. The Bertz CT molecular complexity index is 768. The van der Waals surface area contributed by atoms with Crippen molar-refractivity contribution in [3.05, 3.63) is 72.4 Å². The van der Waals surface area contributed by atoms with E-state index in [9.17, 15) is 13.6 Å². The number of carbonyl (C=O) groups is 1. The lowest BCUT2D eigenvalue weighted by atomic mass is 10.1. The number of nitrogens with zero attached hydrogens (tertiary/aromatic N) is 1. The number of pyridine rings is 1. The van der Waals surface area contributed by atoms with Gasteiger partial charge in [-0.15, -0.1) is 0 Å². The number of amides is 1. The average molecular weight is 298 g/mol. The van der Waals surface area contributed by atoms with Gasteiger partial charge in [-0.2, -0.15) is 8.78 Å². The standard InChI is InChI=1S/C9H7N.C8H5F2NO/c1-2-6-9-8(4-1)5-3-7-10-9;9-8(10)5-3-1-2-4-6(5)11-7(8)12/h1-7H;1-4H,(H,11,12). The summed E-state index contributed by atoms with van der Waals surface area (Å²) in [6.07, 6.45) is 1.81. The van der Waals surface area contributed by atoms with Crippen LogP contribution in [0.25, 0.3) is 10.9 Å². The van der Waals surface area contributed by atoms with Crippen LogP contribution in [0.2, 0.25) is 0 Å². The third-order valence-corrected chi connectivity index (χ3v) is 3.31. The average Bonchev–Trinajstić information content (AvgIpc) is 2.78. The first-order valence-corrected chi connectivity index (χ1v) is 6.67. The molecule has 2 heterocycles. The maximum Gasteiger partial charge on any atom is 0.352 e. The zero-order chi connectivity index (χ0) is 15.6. The number of aromatic nitrogens is 1. The third-order valence-electron chi connectivity index (χ3n) is 3.31. The van der Waals surface area contributed by atoms with E-state index in [1.54, 1.807) is 6.07 Å². The van der Waals surface area contributed by atoms with Gasteiger partial charge in [0.05, 0.1) is 16.8 Å². The monoisotopic (exact) mass is 298 g/mol. The van der Waals surface area contributed by atoms with E-state index in [4.69, 9.17) is 0 Å². The van der Waals surface area contributed by atoms with E-state index in [0.717, 1.165) is 5.52 Å². The molecule has 3 aromatic rings. The van der Waals surface area contributed by atoms with E-state index in [-0.39, 0.29) is 11.3 Å². The van der Waals surface area contributed by atoms with Crippen LogP contribution < -0.4 is 5.32 Å². The van der Waals surface area contributed by atoms with E-state index >= 15 is 0 Å². The van der Waals surface area contributed by atoms with Crippen molar-refractivity contribution in [1.29, 1.82) is 0 Å². The summed E-state index contributed by atoms with van der Waals surface area (Å²) in [4.78, 5) is 14.9. The number of halogens is 2. The summed E-state index contributed by atoms with van der Waals surface area (Å²) in [5, 5.41) is 3.30. The number of nitrogens with one attached hydrogen (secondary N) is 1. The smallest absolute Gasteiger partial charge is 0.320 e. The predicted octanol–water partition coefficient (Wildman–Crippen LogP) is 3.97.